The third-order valence-electron chi connectivity index (χ3n) is 4.45. The summed E-state index contributed by atoms with van der Waals surface area (Å²) in [5, 5.41) is 2.84. The molecular formula is C16H27N3O5. The van der Waals surface area contributed by atoms with E-state index in [9.17, 15) is 9.59 Å². The summed E-state index contributed by atoms with van der Waals surface area (Å²) in [6, 6.07) is -0.591. The van der Waals surface area contributed by atoms with Gasteiger partial charge in [0, 0.05) is 26.7 Å². The van der Waals surface area contributed by atoms with Crippen LogP contribution in [0, 0.1) is 0 Å². The predicted octanol–water partition coefficient (Wildman–Crippen LogP) is 0.807. The minimum Gasteiger partial charge on any atom is -0.373 e. The summed E-state index contributed by atoms with van der Waals surface area (Å²) in [7, 11) is 1.73. The van der Waals surface area contributed by atoms with Crippen LogP contribution in [0.15, 0.2) is 0 Å². The van der Waals surface area contributed by atoms with Crippen LogP contribution < -0.4 is 5.32 Å². The van der Waals surface area contributed by atoms with Crippen molar-refractivity contribution >= 4 is 12.1 Å². The van der Waals surface area contributed by atoms with E-state index in [-0.39, 0.29) is 24.3 Å². The predicted molar refractivity (Wildman–Crippen MR) is 85.8 cm³/mol. The van der Waals surface area contributed by atoms with E-state index in [1.807, 2.05) is 0 Å². The number of imide groups is 1. The number of amides is 4. The number of carbonyl (C=O) groups is 2. The van der Waals surface area contributed by atoms with Gasteiger partial charge in [-0.1, -0.05) is 0 Å². The van der Waals surface area contributed by atoms with Crippen molar-refractivity contribution in [2.75, 3.05) is 46.5 Å². The van der Waals surface area contributed by atoms with Gasteiger partial charge >= 0.3 is 12.1 Å². The van der Waals surface area contributed by atoms with Gasteiger partial charge in [-0.25, -0.2) is 14.5 Å². The number of hydrogen-bond acceptors (Lipinski definition) is 5. The number of epoxide rings is 3. The van der Waals surface area contributed by atoms with Gasteiger partial charge in [-0.2, -0.15) is 0 Å². The Kier molecular flexibility index (Phi) is 5.91. The zero-order valence-electron chi connectivity index (χ0n) is 14.2. The second-order valence-corrected chi connectivity index (χ2v) is 6.67. The molecule has 0 aromatic carbocycles. The quantitative estimate of drug-likeness (QED) is 0.469. The van der Waals surface area contributed by atoms with Crippen molar-refractivity contribution in [1.82, 2.24) is 15.1 Å². The monoisotopic (exact) mass is 341 g/mol. The van der Waals surface area contributed by atoms with Crippen molar-refractivity contribution in [2.24, 2.45) is 0 Å². The highest BCUT2D eigenvalue weighted by atomic mass is 16.6. The van der Waals surface area contributed by atoms with Crippen LogP contribution in [0.25, 0.3) is 0 Å². The first kappa shape index (κ1) is 17.4. The van der Waals surface area contributed by atoms with Crippen LogP contribution in [-0.2, 0) is 14.2 Å². The van der Waals surface area contributed by atoms with E-state index in [2.05, 4.69) is 5.32 Å². The first-order valence-electron chi connectivity index (χ1n) is 8.78. The molecule has 24 heavy (non-hydrogen) atoms. The number of nitrogens with zero attached hydrogens (tertiary/aromatic N) is 2. The first-order valence-corrected chi connectivity index (χ1v) is 8.78. The van der Waals surface area contributed by atoms with Gasteiger partial charge in [0.25, 0.3) is 0 Å². The maximum Gasteiger partial charge on any atom is 0.327 e. The van der Waals surface area contributed by atoms with Crippen molar-refractivity contribution in [1.29, 1.82) is 0 Å². The highest BCUT2D eigenvalue weighted by Crippen LogP contribution is 2.17. The van der Waals surface area contributed by atoms with Gasteiger partial charge in [-0.05, 0) is 25.7 Å². The second kappa shape index (κ2) is 8.13. The van der Waals surface area contributed by atoms with Crippen LogP contribution in [-0.4, -0.2) is 86.7 Å². The number of hydrogen-bond donors (Lipinski definition) is 1. The van der Waals surface area contributed by atoms with Gasteiger partial charge in [0.2, 0.25) is 0 Å². The lowest BCUT2D eigenvalue weighted by Crippen LogP contribution is -2.50. The molecule has 0 saturated carbocycles. The molecule has 0 aromatic rings. The molecule has 3 atom stereocenters. The minimum absolute atomic E-state index is 0.185. The smallest absolute Gasteiger partial charge is 0.327 e. The van der Waals surface area contributed by atoms with Crippen LogP contribution >= 0.6 is 0 Å². The summed E-state index contributed by atoms with van der Waals surface area (Å²) in [6.07, 6.45) is 4.13. The van der Waals surface area contributed by atoms with E-state index in [0.29, 0.717) is 32.2 Å². The fourth-order valence-electron chi connectivity index (χ4n) is 2.52. The summed E-state index contributed by atoms with van der Waals surface area (Å²) in [6.45, 7) is 3.85. The topological polar surface area (TPSA) is 90.2 Å². The number of ether oxygens (including phenoxy) is 3. The van der Waals surface area contributed by atoms with Crippen molar-refractivity contribution in [3.05, 3.63) is 0 Å². The van der Waals surface area contributed by atoms with E-state index in [1.165, 1.54) is 4.90 Å². The number of nitrogens with one attached hydrogen (secondary N) is 1. The third-order valence-corrected chi connectivity index (χ3v) is 4.45. The van der Waals surface area contributed by atoms with E-state index in [1.54, 1.807) is 11.9 Å². The number of rotatable bonds is 10. The molecule has 8 nitrogen and oxygen atoms in total. The summed E-state index contributed by atoms with van der Waals surface area (Å²) in [4.78, 5) is 27.9. The highest BCUT2D eigenvalue weighted by molar-refractivity contribution is 5.93. The lowest BCUT2D eigenvalue weighted by Gasteiger charge is -2.26. The lowest BCUT2D eigenvalue weighted by atomic mass is 10.2. The molecule has 0 spiro atoms. The maximum atomic E-state index is 12.6. The Morgan fingerprint density at radius 3 is 2.08 bits per heavy atom. The molecule has 3 aliphatic rings. The summed E-state index contributed by atoms with van der Waals surface area (Å²) in [5.41, 5.74) is 0. The Bertz CT molecular complexity index is 449. The fraction of sp³-hybridized carbons (Fsp3) is 0.875. The molecule has 0 aromatic heterocycles. The van der Waals surface area contributed by atoms with Crippen molar-refractivity contribution in [3.63, 3.8) is 0 Å². The Labute approximate surface area is 142 Å². The fourth-order valence-corrected chi connectivity index (χ4v) is 2.52. The Hall–Kier alpha value is -1.38. The van der Waals surface area contributed by atoms with Gasteiger partial charge in [0.1, 0.15) is 0 Å². The molecule has 0 radical (unpaired) electrons. The first-order chi connectivity index (χ1) is 11.6. The van der Waals surface area contributed by atoms with Crippen LogP contribution in [0.2, 0.25) is 0 Å². The molecule has 0 aliphatic carbocycles. The summed E-state index contributed by atoms with van der Waals surface area (Å²) < 4.78 is 15.5. The number of urea groups is 2. The third kappa shape index (κ3) is 5.92. The second-order valence-electron chi connectivity index (χ2n) is 6.67. The largest absolute Gasteiger partial charge is 0.373 e. The van der Waals surface area contributed by atoms with E-state index in [0.717, 1.165) is 39.1 Å². The molecule has 3 unspecified atom stereocenters. The average Bonchev–Trinajstić information content (AvgIpc) is 3.42. The van der Waals surface area contributed by atoms with Crippen molar-refractivity contribution < 1.29 is 23.8 Å². The lowest BCUT2D eigenvalue weighted by molar-refractivity contribution is 0.158. The molecule has 1 N–H and O–H groups in total. The Balaban J connectivity index is 1.43. The van der Waals surface area contributed by atoms with E-state index < -0.39 is 0 Å². The van der Waals surface area contributed by atoms with Crippen LogP contribution in [0.4, 0.5) is 9.59 Å². The highest BCUT2D eigenvalue weighted by Gasteiger charge is 2.30. The van der Waals surface area contributed by atoms with Gasteiger partial charge in [-0.3, -0.25) is 0 Å². The summed E-state index contributed by atoms with van der Waals surface area (Å²) in [5.74, 6) is 0. The van der Waals surface area contributed by atoms with Crippen LogP contribution in [0.5, 0.6) is 0 Å². The Morgan fingerprint density at radius 2 is 1.50 bits per heavy atom. The molecule has 3 heterocycles. The molecular weight excluding hydrogens is 314 g/mol. The molecule has 3 aliphatic heterocycles. The normalized spacial score (nSPS) is 26.6. The van der Waals surface area contributed by atoms with Gasteiger partial charge in [0.15, 0.2) is 0 Å². The van der Waals surface area contributed by atoms with Gasteiger partial charge in [0.05, 0.1) is 38.1 Å². The zero-order chi connectivity index (χ0) is 16.9. The van der Waals surface area contributed by atoms with Crippen molar-refractivity contribution in [2.45, 2.75) is 44.0 Å². The molecule has 136 valence electrons. The molecule has 3 rings (SSSR count). The van der Waals surface area contributed by atoms with Crippen LogP contribution in [0.1, 0.15) is 25.7 Å². The molecule has 0 bridgehead atoms. The molecule has 8 heteroatoms. The maximum absolute atomic E-state index is 12.6. The standard InChI is InChI=1S/C16H27N3O5/c1-18(7-4-13-10-23-13)16(21)19(8-5-14-11-24-14)15(20)17-6-2-3-12-9-22-12/h12-14H,2-11H2,1H3,(H,17,20). The molecule has 4 amide bonds. The SMILES string of the molecule is CN(CCC1CO1)C(=O)N(CCC1CO1)C(=O)NCCCC1CO1. The van der Waals surface area contributed by atoms with Gasteiger partial charge in [-0.15, -0.1) is 0 Å². The summed E-state index contributed by atoms with van der Waals surface area (Å²) >= 11 is 0. The van der Waals surface area contributed by atoms with Crippen LogP contribution in [0.3, 0.4) is 0 Å². The molecule has 3 saturated heterocycles. The number of carbonyl (C=O) groups excluding carboxylic acids is 2. The Morgan fingerprint density at radius 1 is 0.958 bits per heavy atom. The van der Waals surface area contributed by atoms with E-state index >= 15 is 0 Å². The molecule has 3 fully saturated rings. The van der Waals surface area contributed by atoms with E-state index in [4.69, 9.17) is 14.2 Å². The van der Waals surface area contributed by atoms with Crippen molar-refractivity contribution in [3.8, 4) is 0 Å². The average molecular weight is 341 g/mol. The minimum atomic E-state index is -0.327. The van der Waals surface area contributed by atoms with Gasteiger partial charge < -0.3 is 24.4 Å². The zero-order valence-corrected chi connectivity index (χ0v) is 14.2.